The highest BCUT2D eigenvalue weighted by atomic mass is 32.2. The monoisotopic (exact) mass is 395 g/mol. The first kappa shape index (κ1) is 21.0. The molecule has 0 aliphatic carbocycles. The van der Waals surface area contributed by atoms with Crippen LogP contribution >= 0.6 is 11.3 Å². The Morgan fingerprint density at radius 2 is 1.69 bits per heavy atom. The maximum atomic E-state index is 12.5. The Kier molecular flexibility index (Phi) is 6.96. The van der Waals surface area contributed by atoms with Gasteiger partial charge in [0, 0.05) is 37.0 Å². The lowest BCUT2D eigenvalue weighted by atomic mass is 9.98. The summed E-state index contributed by atoms with van der Waals surface area (Å²) in [4.78, 5) is 5.02. The van der Waals surface area contributed by atoms with Crippen LogP contribution < -0.4 is 5.32 Å². The summed E-state index contributed by atoms with van der Waals surface area (Å²) >= 11 is 1.69. The molecule has 0 aliphatic rings. The molecular weight excluding hydrogens is 366 g/mol. The predicted octanol–water partition coefficient (Wildman–Crippen LogP) is 3.76. The van der Waals surface area contributed by atoms with Crippen LogP contribution in [0.4, 0.5) is 0 Å². The number of nitrogens with zero attached hydrogens (tertiary/aromatic N) is 2. The molecule has 1 aromatic heterocycles. The van der Waals surface area contributed by atoms with E-state index < -0.39 is 10.0 Å². The van der Waals surface area contributed by atoms with Crippen LogP contribution in [0.1, 0.15) is 50.9 Å². The van der Waals surface area contributed by atoms with Crippen molar-refractivity contribution in [1.82, 2.24) is 14.6 Å². The number of hydrogen-bond acceptors (Lipinski definition) is 5. The highest BCUT2D eigenvalue weighted by Gasteiger charge is 2.21. The van der Waals surface area contributed by atoms with Crippen LogP contribution in [0.5, 0.6) is 0 Å². The first-order valence-corrected chi connectivity index (χ1v) is 11.2. The van der Waals surface area contributed by atoms with E-state index in [1.165, 1.54) is 4.31 Å². The standard InChI is InChI=1S/C19H29N3O2S2/c1-6-22(7-2)26(23,24)17-10-8-15(9-11-17)12-20-13-16-14-25-18(21-16)19(3,4)5/h8-11,14,20H,6-7,12-13H2,1-5H3. The largest absolute Gasteiger partial charge is 0.307 e. The molecular formula is C19H29N3O2S2. The van der Waals surface area contributed by atoms with Crippen LogP contribution in [0.15, 0.2) is 34.5 Å². The minimum Gasteiger partial charge on any atom is -0.307 e. The topological polar surface area (TPSA) is 62.3 Å². The molecule has 1 heterocycles. The predicted molar refractivity (Wildman–Crippen MR) is 108 cm³/mol. The molecule has 0 aliphatic heterocycles. The van der Waals surface area contributed by atoms with Crippen LogP contribution in [0, 0.1) is 0 Å². The van der Waals surface area contributed by atoms with E-state index in [2.05, 4.69) is 36.5 Å². The quantitative estimate of drug-likeness (QED) is 0.739. The van der Waals surface area contributed by atoms with Crippen molar-refractivity contribution in [1.29, 1.82) is 0 Å². The van der Waals surface area contributed by atoms with Crippen molar-refractivity contribution in [3.63, 3.8) is 0 Å². The van der Waals surface area contributed by atoms with Gasteiger partial charge >= 0.3 is 0 Å². The average molecular weight is 396 g/mol. The summed E-state index contributed by atoms with van der Waals surface area (Å²) < 4.78 is 26.5. The first-order valence-electron chi connectivity index (χ1n) is 8.93. The zero-order valence-electron chi connectivity index (χ0n) is 16.2. The van der Waals surface area contributed by atoms with Crippen LogP contribution in [-0.2, 0) is 28.5 Å². The van der Waals surface area contributed by atoms with Crippen molar-refractivity contribution < 1.29 is 8.42 Å². The molecule has 0 unspecified atom stereocenters. The molecule has 2 aromatic rings. The summed E-state index contributed by atoms with van der Waals surface area (Å²) in [6.45, 7) is 12.5. The van der Waals surface area contributed by atoms with Gasteiger partial charge in [0.05, 0.1) is 15.6 Å². The number of hydrogen-bond donors (Lipinski definition) is 1. The van der Waals surface area contributed by atoms with E-state index in [1.807, 2.05) is 26.0 Å². The van der Waals surface area contributed by atoms with E-state index >= 15 is 0 Å². The average Bonchev–Trinajstić information content (AvgIpc) is 3.05. The molecule has 144 valence electrons. The lowest BCUT2D eigenvalue weighted by Crippen LogP contribution is -2.30. The molecule has 0 saturated carbocycles. The fourth-order valence-corrected chi connectivity index (χ4v) is 4.92. The van der Waals surface area contributed by atoms with Crippen LogP contribution in [-0.4, -0.2) is 30.8 Å². The highest BCUT2D eigenvalue weighted by molar-refractivity contribution is 7.89. The Balaban J connectivity index is 1.95. The van der Waals surface area contributed by atoms with Gasteiger partial charge in [-0.05, 0) is 17.7 Å². The van der Waals surface area contributed by atoms with E-state index in [1.54, 1.807) is 23.5 Å². The van der Waals surface area contributed by atoms with Gasteiger partial charge in [0.15, 0.2) is 0 Å². The van der Waals surface area contributed by atoms with Crippen molar-refractivity contribution in [2.75, 3.05) is 13.1 Å². The van der Waals surface area contributed by atoms with Crippen molar-refractivity contribution in [3.8, 4) is 0 Å². The first-order chi connectivity index (χ1) is 12.2. The van der Waals surface area contributed by atoms with Crippen molar-refractivity contribution >= 4 is 21.4 Å². The Labute approximate surface area is 161 Å². The molecule has 0 spiro atoms. The highest BCUT2D eigenvalue weighted by Crippen LogP contribution is 2.25. The van der Waals surface area contributed by atoms with Gasteiger partial charge in [-0.25, -0.2) is 13.4 Å². The molecule has 2 rings (SSSR count). The lowest BCUT2D eigenvalue weighted by molar-refractivity contribution is 0.445. The second-order valence-electron chi connectivity index (χ2n) is 7.23. The minimum atomic E-state index is -3.39. The number of rotatable bonds is 8. The number of sulfonamides is 1. The molecule has 1 N–H and O–H groups in total. The Morgan fingerprint density at radius 1 is 1.08 bits per heavy atom. The summed E-state index contributed by atoms with van der Waals surface area (Å²) in [6.07, 6.45) is 0. The normalized spacial score (nSPS) is 12.7. The van der Waals surface area contributed by atoms with Gasteiger partial charge in [0.2, 0.25) is 10.0 Å². The zero-order valence-corrected chi connectivity index (χ0v) is 17.9. The van der Waals surface area contributed by atoms with E-state index in [-0.39, 0.29) is 5.41 Å². The smallest absolute Gasteiger partial charge is 0.243 e. The fourth-order valence-electron chi connectivity index (χ4n) is 2.56. The van der Waals surface area contributed by atoms with E-state index in [4.69, 9.17) is 0 Å². The molecule has 0 amide bonds. The molecule has 7 heteroatoms. The summed E-state index contributed by atoms with van der Waals surface area (Å²) in [7, 11) is -3.39. The fraction of sp³-hybridized carbons (Fsp3) is 0.526. The van der Waals surface area contributed by atoms with Crippen molar-refractivity contribution in [2.24, 2.45) is 0 Å². The number of thiazole rings is 1. The molecule has 0 fully saturated rings. The van der Waals surface area contributed by atoms with Gasteiger partial charge in [-0.2, -0.15) is 4.31 Å². The Bertz CT molecular complexity index is 802. The number of aromatic nitrogens is 1. The Morgan fingerprint density at radius 3 is 2.19 bits per heavy atom. The van der Waals surface area contributed by atoms with Crippen LogP contribution in [0.3, 0.4) is 0 Å². The van der Waals surface area contributed by atoms with Gasteiger partial charge in [0.25, 0.3) is 0 Å². The maximum absolute atomic E-state index is 12.5. The summed E-state index contributed by atoms with van der Waals surface area (Å²) in [5.41, 5.74) is 2.17. The van der Waals surface area contributed by atoms with Crippen molar-refractivity contribution in [2.45, 2.75) is 58.0 Å². The molecule has 0 radical (unpaired) electrons. The maximum Gasteiger partial charge on any atom is 0.243 e. The lowest BCUT2D eigenvalue weighted by Gasteiger charge is -2.18. The third-order valence-electron chi connectivity index (χ3n) is 4.10. The molecule has 5 nitrogen and oxygen atoms in total. The van der Waals surface area contributed by atoms with Gasteiger partial charge in [-0.3, -0.25) is 0 Å². The third-order valence-corrected chi connectivity index (χ3v) is 7.48. The molecule has 0 bridgehead atoms. The molecule has 26 heavy (non-hydrogen) atoms. The third kappa shape index (κ3) is 5.13. The second-order valence-corrected chi connectivity index (χ2v) is 10.0. The van der Waals surface area contributed by atoms with Gasteiger partial charge in [-0.1, -0.05) is 46.8 Å². The number of nitrogens with one attached hydrogen (secondary N) is 1. The number of benzene rings is 1. The van der Waals surface area contributed by atoms with Gasteiger partial charge in [0.1, 0.15) is 0 Å². The molecule has 0 atom stereocenters. The SMILES string of the molecule is CCN(CC)S(=O)(=O)c1ccc(CNCc2csc(C(C)(C)C)n2)cc1. The summed E-state index contributed by atoms with van der Waals surface area (Å²) in [5, 5.41) is 6.60. The molecule has 1 aromatic carbocycles. The van der Waals surface area contributed by atoms with Crippen LogP contribution in [0.25, 0.3) is 0 Å². The van der Waals surface area contributed by atoms with Crippen LogP contribution in [0.2, 0.25) is 0 Å². The van der Waals surface area contributed by atoms with Gasteiger partial charge in [-0.15, -0.1) is 11.3 Å². The zero-order chi connectivity index (χ0) is 19.4. The summed E-state index contributed by atoms with van der Waals surface area (Å²) in [6, 6.07) is 7.10. The van der Waals surface area contributed by atoms with Gasteiger partial charge < -0.3 is 5.32 Å². The minimum absolute atomic E-state index is 0.0785. The van der Waals surface area contributed by atoms with E-state index in [0.717, 1.165) is 16.3 Å². The van der Waals surface area contributed by atoms with E-state index in [0.29, 0.717) is 31.1 Å². The Hall–Kier alpha value is -1.28. The van der Waals surface area contributed by atoms with E-state index in [9.17, 15) is 8.42 Å². The molecule has 0 saturated heterocycles. The summed E-state index contributed by atoms with van der Waals surface area (Å²) in [5.74, 6) is 0. The second kappa shape index (κ2) is 8.61. The van der Waals surface area contributed by atoms with Crippen molar-refractivity contribution in [3.05, 3.63) is 45.9 Å².